The number of anilines is 3. The number of thioether (sulfide) groups is 1. The molecule has 0 fully saturated rings. The number of nitrogens with one attached hydrogen (secondary N) is 2. The highest BCUT2D eigenvalue weighted by Crippen LogP contribution is 2.42. The Labute approximate surface area is 323 Å². The second-order valence-corrected chi connectivity index (χ2v) is 15.8. The molecule has 18 heteroatoms. The average Bonchev–Trinajstić information content (AvgIpc) is 3.63. The number of aromatic hydroxyl groups is 1. The minimum absolute atomic E-state index is 0.0540. The number of benzene rings is 5. The summed E-state index contributed by atoms with van der Waals surface area (Å²) in [6.45, 7) is 3.03. The molecular weight excluding hydrogens is 777 g/mol. The van der Waals surface area contributed by atoms with E-state index in [4.69, 9.17) is 27.9 Å². The fraction of sp³-hybridized carbons (Fsp3) is 0.111. The van der Waals surface area contributed by atoms with Crippen molar-refractivity contribution in [2.45, 2.75) is 34.9 Å². The molecule has 0 spiro atoms. The van der Waals surface area contributed by atoms with E-state index in [0.29, 0.717) is 21.4 Å². The van der Waals surface area contributed by atoms with Crippen molar-refractivity contribution in [2.75, 3.05) is 10.6 Å². The Hall–Kier alpha value is -5.68. The molecule has 1 aromatic heterocycles. The number of para-hydroxylation sites is 1. The molecule has 0 radical (unpaired) electrons. The molecule has 276 valence electrons. The van der Waals surface area contributed by atoms with Crippen molar-refractivity contribution in [3.05, 3.63) is 134 Å². The van der Waals surface area contributed by atoms with Gasteiger partial charge in [0.25, 0.3) is 0 Å². The number of nitro groups is 1. The van der Waals surface area contributed by atoms with Gasteiger partial charge in [0.2, 0.25) is 16.8 Å². The van der Waals surface area contributed by atoms with Crippen LogP contribution in [0.3, 0.4) is 0 Å². The Morgan fingerprint density at radius 1 is 0.963 bits per heavy atom. The fourth-order valence-corrected chi connectivity index (χ4v) is 7.43. The first-order valence-electron chi connectivity index (χ1n) is 15.9. The lowest BCUT2D eigenvalue weighted by atomic mass is 10.2. The van der Waals surface area contributed by atoms with Gasteiger partial charge in [-0.3, -0.25) is 14.9 Å². The van der Waals surface area contributed by atoms with Crippen LogP contribution in [0.15, 0.2) is 113 Å². The summed E-state index contributed by atoms with van der Waals surface area (Å²) in [5.41, 5.74) is 2.05. The minimum atomic E-state index is -4.13. The molecule has 54 heavy (non-hydrogen) atoms. The van der Waals surface area contributed by atoms with E-state index < -0.39 is 31.6 Å². The molecule has 1 atom stereocenters. The lowest BCUT2D eigenvalue weighted by molar-refractivity contribution is -0.385. The molecule has 0 aliphatic heterocycles. The molecular formula is C36H29Cl2N7O7S2. The molecule has 3 N–H and O–H groups in total. The number of hydrogen-bond acceptors (Lipinski definition) is 12. The van der Waals surface area contributed by atoms with E-state index in [1.54, 1.807) is 35.9 Å². The zero-order valence-electron chi connectivity index (χ0n) is 28.3. The summed E-state index contributed by atoms with van der Waals surface area (Å²) in [7, 11) is -4.13. The highest BCUT2D eigenvalue weighted by molar-refractivity contribution is 7.98. The van der Waals surface area contributed by atoms with E-state index in [1.165, 1.54) is 61.2 Å². The first kappa shape index (κ1) is 38.1. The average molecular weight is 807 g/mol. The van der Waals surface area contributed by atoms with Crippen molar-refractivity contribution >= 4 is 73.5 Å². The normalized spacial score (nSPS) is 11.9. The lowest BCUT2D eigenvalue weighted by Crippen LogP contribution is -2.32. The van der Waals surface area contributed by atoms with Crippen LogP contribution in [-0.2, 0) is 20.4 Å². The molecule has 0 saturated carbocycles. The Morgan fingerprint density at radius 2 is 1.70 bits per heavy atom. The van der Waals surface area contributed by atoms with Crippen molar-refractivity contribution < 1.29 is 28.0 Å². The monoisotopic (exact) mass is 805 g/mol. The summed E-state index contributed by atoms with van der Waals surface area (Å²) in [6, 6.07) is 26.7. The van der Waals surface area contributed by atoms with Crippen LogP contribution in [0.25, 0.3) is 5.69 Å². The van der Waals surface area contributed by atoms with Crippen LogP contribution in [0.5, 0.6) is 17.2 Å². The Kier molecular flexibility index (Phi) is 11.4. The number of nitro benzene ring substituents is 1. The fourth-order valence-electron chi connectivity index (χ4n) is 5.04. The van der Waals surface area contributed by atoms with E-state index >= 15 is 0 Å². The van der Waals surface area contributed by atoms with Gasteiger partial charge in [0, 0.05) is 29.6 Å². The number of ether oxygens (including phenoxy) is 1. The summed E-state index contributed by atoms with van der Waals surface area (Å²) in [5, 5.41) is 40.1. The number of sulfone groups is 1. The number of aromatic nitrogens is 4. The molecule has 0 bridgehead atoms. The first-order valence-corrected chi connectivity index (χ1v) is 19.2. The molecule has 6 rings (SSSR count). The van der Waals surface area contributed by atoms with E-state index in [2.05, 4.69) is 26.2 Å². The third-order valence-electron chi connectivity index (χ3n) is 7.99. The SMILES string of the molecule is Cc1ccc(S(=O)(=O)C(C)C(=O)Nc2cc(O)c(Nc3ccc(Cl)c(Cl)c3)cc2Oc2ccc(CSc3nnnn3-c3ccccc3)cc2[N+](=O)[O-])cc1. The molecule has 0 aliphatic rings. The number of halogens is 2. The van der Waals surface area contributed by atoms with Crippen molar-refractivity contribution in [3.8, 4) is 22.9 Å². The van der Waals surface area contributed by atoms with Gasteiger partial charge >= 0.3 is 5.69 Å². The van der Waals surface area contributed by atoms with E-state index in [1.807, 2.05) is 30.3 Å². The molecule has 1 unspecified atom stereocenters. The van der Waals surface area contributed by atoms with E-state index in [9.17, 15) is 28.4 Å². The van der Waals surface area contributed by atoms with Crippen molar-refractivity contribution in [3.63, 3.8) is 0 Å². The number of carbonyl (C=O) groups excluding carboxylic acids is 1. The van der Waals surface area contributed by atoms with Crippen LogP contribution in [0.4, 0.5) is 22.7 Å². The van der Waals surface area contributed by atoms with Crippen LogP contribution in [0.2, 0.25) is 10.0 Å². The lowest BCUT2D eigenvalue weighted by Gasteiger charge is -2.18. The zero-order valence-corrected chi connectivity index (χ0v) is 31.4. The number of aryl methyl sites for hydroxylation is 1. The number of phenolic OH excluding ortho intramolecular Hbond substituents is 1. The first-order chi connectivity index (χ1) is 25.8. The van der Waals surface area contributed by atoms with Gasteiger partial charge in [0.05, 0.1) is 36.9 Å². The maximum absolute atomic E-state index is 13.5. The molecule has 6 aromatic rings. The predicted octanol–water partition coefficient (Wildman–Crippen LogP) is 8.52. The zero-order chi connectivity index (χ0) is 38.6. The Morgan fingerprint density at radius 3 is 2.41 bits per heavy atom. The van der Waals surface area contributed by atoms with Crippen molar-refractivity contribution in [1.82, 2.24) is 20.2 Å². The number of carbonyl (C=O) groups is 1. The summed E-state index contributed by atoms with van der Waals surface area (Å²) in [6.07, 6.45) is 0. The predicted molar refractivity (Wildman–Crippen MR) is 206 cm³/mol. The van der Waals surface area contributed by atoms with Crippen molar-refractivity contribution in [1.29, 1.82) is 0 Å². The molecule has 1 heterocycles. The standard InChI is InChI=1S/C36H29Cl2N7O7S2/c1-21-8-12-26(13-9-21)54(50,51)22(2)35(47)40-30-18-32(46)29(39-24-11-14-27(37)28(38)17-24)19-34(30)52-33-15-10-23(16-31(33)45(48)49)20-53-36-41-42-43-44(36)25-6-4-3-5-7-25/h3-19,22,39,46H,20H2,1-2H3,(H,40,47). The largest absolute Gasteiger partial charge is 0.506 e. The number of nitrogens with zero attached hydrogens (tertiary/aromatic N) is 5. The third kappa shape index (κ3) is 8.58. The molecule has 0 aliphatic carbocycles. The maximum Gasteiger partial charge on any atom is 0.311 e. The topological polar surface area (TPSA) is 191 Å². The van der Waals surface area contributed by atoms with Crippen LogP contribution < -0.4 is 15.4 Å². The summed E-state index contributed by atoms with van der Waals surface area (Å²) >= 11 is 13.5. The molecule has 1 amide bonds. The molecule has 14 nitrogen and oxygen atoms in total. The van der Waals surface area contributed by atoms with Gasteiger partial charge in [0.1, 0.15) is 11.0 Å². The number of tetrazole rings is 1. The van der Waals surface area contributed by atoms with Gasteiger partial charge < -0.3 is 20.5 Å². The number of rotatable bonds is 13. The van der Waals surface area contributed by atoms with Gasteiger partial charge in [-0.1, -0.05) is 76.9 Å². The van der Waals surface area contributed by atoms with Gasteiger partial charge in [-0.15, -0.1) is 5.10 Å². The minimum Gasteiger partial charge on any atom is -0.506 e. The molecule has 5 aromatic carbocycles. The smallest absolute Gasteiger partial charge is 0.311 e. The quantitative estimate of drug-likeness (QED) is 0.0437. The number of phenols is 1. The summed E-state index contributed by atoms with van der Waals surface area (Å²) < 4.78 is 34.3. The summed E-state index contributed by atoms with van der Waals surface area (Å²) in [4.78, 5) is 25.1. The van der Waals surface area contributed by atoms with Crippen LogP contribution in [0.1, 0.15) is 18.1 Å². The van der Waals surface area contributed by atoms with E-state index in [-0.39, 0.29) is 44.3 Å². The van der Waals surface area contributed by atoms with Gasteiger partial charge in [-0.05, 0) is 78.4 Å². The Balaban J connectivity index is 1.31. The second kappa shape index (κ2) is 16.1. The van der Waals surface area contributed by atoms with Crippen molar-refractivity contribution in [2.24, 2.45) is 0 Å². The Bertz CT molecular complexity index is 2470. The van der Waals surface area contributed by atoms with Gasteiger partial charge in [-0.2, -0.15) is 4.68 Å². The molecule has 0 saturated heterocycles. The van der Waals surface area contributed by atoms with Crippen LogP contribution in [0, 0.1) is 17.0 Å². The van der Waals surface area contributed by atoms with Gasteiger partial charge in [-0.25, -0.2) is 8.42 Å². The number of amides is 1. The van der Waals surface area contributed by atoms with Crippen LogP contribution in [-0.4, -0.2) is 49.8 Å². The highest BCUT2D eigenvalue weighted by atomic mass is 35.5. The highest BCUT2D eigenvalue weighted by Gasteiger charge is 2.31. The number of hydrogen-bond donors (Lipinski definition) is 3. The van der Waals surface area contributed by atoms with Crippen LogP contribution >= 0.6 is 35.0 Å². The van der Waals surface area contributed by atoms with Gasteiger partial charge in [0.15, 0.2) is 15.6 Å². The summed E-state index contributed by atoms with van der Waals surface area (Å²) in [5.74, 6) is -1.41. The second-order valence-electron chi connectivity index (χ2n) is 11.8. The maximum atomic E-state index is 13.5. The van der Waals surface area contributed by atoms with E-state index in [0.717, 1.165) is 17.3 Å². The third-order valence-corrected chi connectivity index (χ3v) is 11.8.